The number of hydrogen-bond acceptors (Lipinski definition) is 2. The quantitative estimate of drug-likeness (QED) is 0.618. The van der Waals surface area contributed by atoms with Crippen LogP contribution in [-0.4, -0.2) is 12.2 Å². The fourth-order valence-electron chi connectivity index (χ4n) is 1.27. The van der Waals surface area contributed by atoms with Crippen molar-refractivity contribution < 1.29 is 4.79 Å². The minimum absolute atomic E-state index is 0.0320. The third kappa shape index (κ3) is 4.07. The fourth-order valence-corrected chi connectivity index (χ4v) is 1.44. The molecule has 4 nitrogen and oxygen atoms in total. The number of nitrogens with one attached hydrogen (secondary N) is 1. The molecule has 0 aliphatic rings. The number of benzene rings is 1. The fraction of sp³-hybridized carbons (Fsp3) is 0.333. The van der Waals surface area contributed by atoms with E-state index in [-0.39, 0.29) is 5.41 Å². The third-order valence-electron chi connectivity index (χ3n) is 2.24. The Kier molecular flexibility index (Phi) is 4.12. The normalized spacial score (nSPS) is 11.8. The Balaban J connectivity index is 2.99. The van der Waals surface area contributed by atoms with Gasteiger partial charge < -0.3 is 5.73 Å². The molecule has 0 bridgehead atoms. The van der Waals surface area contributed by atoms with Crippen molar-refractivity contribution in [3.05, 3.63) is 34.3 Å². The number of urea groups is 1. The molecular weight excluding hydrogens is 238 g/mol. The minimum atomic E-state index is -0.704. The van der Waals surface area contributed by atoms with Gasteiger partial charge in [-0.1, -0.05) is 38.4 Å². The van der Waals surface area contributed by atoms with E-state index in [1.54, 1.807) is 0 Å². The molecule has 1 aromatic carbocycles. The average molecular weight is 254 g/mol. The van der Waals surface area contributed by atoms with Crippen LogP contribution in [0, 0.1) is 0 Å². The van der Waals surface area contributed by atoms with Crippen molar-refractivity contribution in [3.63, 3.8) is 0 Å². The van der Waals surface area contributed by atoms with Crippen LogP contribution < -0.4 is 11.2 Å². The van der Waals surface area contributed by atoms with Crippen LogP contribution in [0.3, 0.4) is 0 Å². The number of rotatable bonds is 2. The molecule has 0 spiro atoms. The Morgan fingerprint density at radius 2 is 2.12 bits per heavy atom. The van der Waals surface area contributed by atoms with Gasteiger partial charge in [0.05, 0.1) is 6.21 Å². The first-order chi connectivity index (χ1) is 7.80. The predicted octanol–water partition coefficient (Wildman–Crippen LogP) is 2.64. The number of halogens is 1. The van der Waals surface area contributed by atoms with Gasteiger partial charge in [-0.05, 0) is 23.1 Å². The number of amides is 2. The van der Waals surface area contributed by atoms with Crippen molar-refractivity contribution >= 4 is 23.8 Å². The highest BCUT2D eigenvalue weighted by atomic mass is 35.5. The number of nitrogens with two attached hydrogens (primary N) is 1. The van der Waals surface area contributed by atoms with Gasteiger partial charge in [-0.2, -0.15) is 5.10 Å². The van der Waals surface area contributed by atoms with Crippen LogP contribution in [0.1, 0.15) is 31.9 Å². The standard InChI is InChI=1S/C12H16ClN3O/c1-12(2,3)9-4-5-10(13)8(6-9)7-15-16-11(14)17/h4-7H,1-3H3,(H3,14,16,17). The topological polar surface area (TPSA) is 67.5 Å². The second kappa shape index (κ2) is 5.19. The van der Waals surface area contributed by atoms with Gasteiger partial charge in [0.2, 0.25) is 0 Å². The van der Waals surface area contributed by atoms with E-state index in [0.717, 1.165) is 11.1 Å². The summed E-state index contributed by atoms with van der Waals surface area (Å²) in [5, 5.41) is 4.27. The van der Waals surface area contributed by atoms with Gasteiger partial charge in [0.15, 0.2) is 0 Å². The van der Waals surface area contributed by atoms with Crippen LogP contribution in [0.25, 0.3) is 0 Å². The molecule has 5 heteroatoms. The summed E-state index contributed by atoms with van der Waals surface area (Å²) in [5.41, 5.74) is 8.94. The first-order valence-corrected chi connectivity index (χ1v) is 5.57. The summed E-state index contributed by atoms with van der Waals surface area (Å²) in [5.74, 6) is 0. The van der Waals surface area contributed by atoms with Gasteiger partial charge in [0.25, 0.3) is 0 Å². The summed E-state index contributed by atoms with van der Waals surface area (Å²) in [6.07, 6.45) is 1.47. The molecule has 0 unspecified atom stereocenters. The van der Waals surface area contributed by atoms with E-state index < -0.39 is 6.03 Å². The maximum atomic E-state index is 10.5. The Bertz CT molecular complexity index is 450. The third-order valence-corrected chi connectivity index (χ3v) is 2.58. The minimum Gasteiger partial charge on any atom is -0.350 e. The molecular formula is C12H16ClN3O. The molecule has 17 heavy (non-hydrogen) atoms. The molecule has 1 rings (SSSR count). The maximum absolute atomic E-state index is 10.5. The van der Waals surface area contributed by atoms with E-state index in [1.165, 1.54) is 6.21 Å². The molecule has 0 atom stereocenters. The van der Waals surface area contributed by atoms with Crippen molar-refractivity contribution in [3.8, 4) is 0 Å². The van der Waals surface area contributed by atoms with Gasteiger partial charge in [-0.15, -0.1) is 0 Å². The number of carbonyl (C=O) groups excluding carboxylic acids is 1. The summed E-state index contributed by atoms with van der Waals surface area (Å²) in [4.78, 5) is 10.5. The molecule has 1 aromatic rings. The van der Waals surface area contributed by atoms with E-state index >= 15 is 0 Å². The first kappa shape index (κ1) is 13.5. The van der Waals surface area contributed by atoms with Gasteiger partial charge in [0.1, 0.15) is 0 Å². The second-order valence-corrected chi connectivity index (χ2v) is 5.13. The summed E-state index contributed by atoms with van der Waals surface area (Å²) in [6, 6.07) is 5.02. The Hall–Kier alpha value is -1.55. The van der Waals surface area contributed by atoms with E-state index in [4.69, 9.17) is 17.3 Å². The molecule has 0 saturated heterocycles. The van der Waals surface area contributed by atoms with E-state index in [1.807, 2.05) is 18.2 Å². The number of nitrogens with zero attached hydrogens (tertiary/aromatic N) is 1. The molecule has 3 N–H and O–H groups in total. The molecule has 92 valence electrons. The average Bonchev–Trinajstić information content (AvgIpc) is 2.18. The molecule has 0 aromatic heterocycles. The number of hydrazone groups is 1. The van der Waals surface area contributed by atoms with Crippen LogP contribution in [-0.2, 0) is 5.41 Å². The lowest BCUT2D eigenvalue weighted by atomic mass is 9.86. The van der Waals surface area contributed by atoms with E-state index in [9.17, 15) is 4.79 Å². The highest BCUT2D eigenvalue weighted by Crippen LogP contribution is 2.25. The zero-order valence-corrected chi connectivity index (χ0v) is 10.9. The molecule has 0 heterocycles. The number of carbonyl (C=O) groups is 1. The van der Waals surface area contributed by atoms with Gasteiger partial charge >= 0.3 is 6.03 Å². The van der Waals surface area contributed by atoms with Crippen molar-refractivity contribution in [2.45, 2.75) is 26.2 Å². The zero-order chi connectivity index (χ0) is 13.1. The predicted molar refractivity (Wildman–Crippen MR) is 70.5 cm³/mol. The summed E-state index contributed by atoms with van der Waals surface area (Å²) in [7, 11) is 0. The summed E-state index contributed by atoms with van der Waals surface area (Å²) < 4.78 is 0. The Morgan fingerprint density at radius 3 is 2.65 bits per heavy atom. The smallest absolute Gasteiger partial charge is 0.332 e. The molecule has 0 aliphatic carbocycles. The highest BCUT2D eigenvalue weighted by molar-refractivity contribution is 6.33. The van der Waals surface area contributed by atoms with Crippen molar-refractivity contribution in [2.24, 2.45) is 10.8 Å². The summed E-state index contributed by atoms with van der Waals surface area (Å²) >= 11 is 6.03. The van der Waals surface area contributed by atoms with Gasteiger partial charge in [0, 0.05) is 10.6 Å². The van der Waals surface area contributed by atoms with Crippen molar-refractivity contribution in [1.29, 1.82) is 0 Å². The SMILES string of the molecule is CC(C)(C)c1ccc(Cl)c(C=NNC(N)=O)c1. The van der Waals surface area contributed by atoms with Crippen LogP contribution in [0.4, 0.5) is 4.79 Å². The van der Waals surface area contributed by atoms with E-state index in [2.05, 4.69) is 31.3 Å². The van der Waals surface area contributed by atoms with E-state index in [0.29, 0.717) is 5.02 Å². The van der Waals surface area contributed by atoms with Crippen LogP contribution in [0.5, 0.6) is 0 Å². The summed E-state index contributed by atoms with van der Waals surface area (Å²) in [6.45, 7) is 6.33. The molecule has 2 amide bonds. The molecule has 0 radical (unpaired) electrons. The second-order valence-electron chi connectivity index (χ2n) is 4.72. The maximum Gasteiger partial charge on any atom is 0.332 e. The van der Waals surface area contributed by atoms with Crippen molar-refractivity contribution in [1.82, 2.24) is 5.43 Å². The Morgan fingerprint density at radius 1 is 1.47 bits per heavy atom. The molecule has 0 saturated carbocycles. The highest BCUT2D eigenvalue weighted by Gasteiger charge is 2.14. The van der Waals surface area contributed by atoms with Crippen LogP contribution in [0.2, 0.25) is 5.02 Å². The first-order valence-electron chi connectivity index (χ1n) is 5.19. The lowest BCUT2D eigenvalue weighted by Crippen LogP contribution is -2.24. The van der Waals surface area contributed by atoms with Crippen LogP contribution >= 0.6 is 11.6 Å². The monoisotopic (exact) mass is 253 g/mol. The number of primary amides is 1. The molecule has 0 fully saturated rings. The Labute approximate surface area is 106 Å². The van der Waals surface area contributed by atoms with Crippen molar-refractivity contribution in [2.75, 3.05) is 0 Å². The largest absolute Gasteiger partial charge is 0.350 e. The molecule has 0 aliphatic heterocycles. The number of hydrogen-bond donors (Lipinski definition) is 2. The van der Waals surface area contributed by atoms with Gasteiger partial charge in [-0.3, -0.25) is 0 Å². The lowest BCUT2D eigenvalue weighted by molar-refractivity contribution is 0.249. The van der Waals surface area contributed by atoms with Gasteiger partial charge in [-0.25, -0.2) is 10.2 Å². The lowest BCUT2D eigenvalue weighted by Gasteiger charge is -2.19. The zero-order valence-electron chi connectivity index (χ0n) is 10.1. The van der Waals surface area contributed by atoms with Crippen LogP contribution in [0.15, 0.2) is 23.3 Å².